The van der Waals surface area contributed by atoms with E-state index in [4.69, 9.17) is 23.2 Å². The number of barbiturate groups is 1. The summed E-state index contributed by atoms with van der Waals surface area (Å²) >= 11 is 10.9. The Morgan fingerprint density at radius 1 is 1.21 bits per heavy atom. The summed E-state index contributed by atoms with van der Waals surface area (Å²) in [6, 6.07) is -0.838. The Hall–Kier alpha value is -1.07. The van der Waals surface area contributed by atoms with Crippen LogP contribution in [-0.2, 0) is 9.59 Å². The lowest BCUT2D eigenvalue weighted by molar-refractivity contribution is -0.135. The fourth-order valence-electron chi connectivity index (χ4n) is 0.999. The van der Waals surface area contributed by atoms with Gasteiger partial charge >= 0.3 is 6.03 Å². The monoisotopic (exact) mass is 236 g/mol. The van der Waals surface area contributed by atoms with Crippen LogP contribution >= 0.6 is 23.2 Å². The lowest BCUT2D eigenvalue weighted by Gasteiger charge is -2.22. The van der Waals surface area contributed by atoms with Gasteiger partial charge in [-0.15, -0.1) is 11.6 Å². The van der Waals surface area contributed by atoms with Crippen molar-refractivity contribution < 1.29 is 14.4 Å². The van der Waals surface area contributed by atoms with Gasteiger partial charge in [0.05, 0.1) is 5.38 Å². The van der Waals surface area contributed by atoms with E-state index in [9.17, 15) is 14.4 Å². The highest BCUT2D eigenvalue weighted by atomic mass is 35.5. The fraction of sp³-hybridized carbons (Fsp3) is 0.286. The Morgan fingerprint density at radius 2 is 1.71 bits per heavy atom. The first-order valence-corrected chi connectivity index (χ1v) is 4.50. The number of carbonyl (C=O) groups is 3. The highest BCUT2D eigenvalue weighted by Crippen LogP contribution is 2.15. The number of amides is 4. The second-order valence-corrected chi connectivity index (χ2v) is 3.30. The second-order valence-electron chi connectivity index (χ2n) is 2.55. The van der Waals surface area contributed by atoms with Crippen molar-refractivity contribution in [3.8, 4) is 0 Å². The average Bonchev–Trinajstić information content (AvgIpc) is 2.01. The molecule has 1 saturated heterocycles. The van der Waals surface area contributed by atoms with Crippen molar-refractivity contribution in [2.75, 3.05) is 0 Å². The molecule has 0 aromatic carbocycles. The van der Waals surface area contributed by atoms with E-state index in [0.29, 0.717) is 0 Å². The highest BCUT2D eigenvalue weighted by molar-refractivity contribution is 6.30. The third-order valence-corrected chi connectivity index (χ3v) is 2.16. The Morgan fingerprint density at radius 3 is 2.14 bits per heavy atom. The molecule has 1 aliphatic rings. The summed E-state index contributed by atoms with van der Waals surface area (Å²) in [6.07, 6.45) is 1.28. The van der Waals surface area contributed by atoms with Crippen LogP contribution < -0.4 is 10.6 Å². The summed E-state index contributed by atoms with van der Waals surface area (Å²) in [5, 5.41) is 2.98. The van der Waals surface area contributed by atoms with Crippen LogP contribution in [0.15, 0.2) is 11.6 Å². The molecule has 5 nitrogen and oxygen atoms in total. The normalized spacial score (nSPS) is 20.9. The summed E-state index contributed by atoms with van der Waals surface area (Å²) in [5.41, 5.74) is 1.11. The molecular formula is C7H6Cl2N2O3. The van der Waals surface area contributed by atoms with Gasteiger partial charge in [0.2, 0.25) is 11.8 Å². The van der Waals surface area contributed by atoms with Gasteiger partial charge in [0.25, 0.3) is 0 Å². The van der Waals surface area contributed by atoms with Gasteiger partial charge in [-0.05, 0) is 0 Å². The van der Waals surface area contributed by atoms with Crippen LogP contribution in [0.25, 0.3) is 0 Å². The molecule has 1 atom stereocenters. The van der Waals surface area contributed by atoms with Crippen molar-refractivity contribution in [3.05, 3.63) is 11.6 Å². The number of nitrogens with one attached hydrogen (secondary N) is 2. The standard InChI is InChI=1S/C7H6Cl2N2O3/c8-2-1-3(9)4-5(12)10-7(14)11-6(4)13/h1-4H,(H2,10,11,12,13,14)/b2-1+. The van der Waals surface area contributed by atoms with E-state index in [0.717, 1.165) is 5.54 Å². The van der Waals surface area contributed by atoms with Gasteiger partial charge in [-0.25, -0.2) is 4.79 Å². The van der Waals surface area contributed by atoms with Crippen molar-refractivity contribution in [1.82, 2.24) is 10.6 Å². The van der Waals surface area contributed by atoms with Crippen molar-refractivity contribution in [3.63, 3.8) is 0 Å². The van der Waals surface area contributed by atoms with Crippen molar-refractivity contribution in [2.45, 2.75) is 5.38 Å². The first-order chi connectivity index (χ1) is 6.56. The topological polar surface area (TPSA) is 75.3 Å². The molecule has 1 aliphatic heterocycles. The van der Waals surface area contributed by atoms with E-state index in [2.05, 4.69) is 0 Å². The van der Waals surface area contributed by atoms with Gasteiger partial charge in [-0.3, -0.25) is 20.2 Å². The predicted molar refractivity (Wildman–Crippen MR) is 49.8 cm³/mol. The van der Waals surface area contributed by atoms with Gasteiger partial charge < -0.3 is 0 Å². The SMILES string of the molecule is O=C1NC(=O)C(C(Cl)/C=C/Cl)C(=O)N1. The minimum Gasteiger partial charge on any atom is -0.277 e. The molecule has 2 N–H and O–H groups in total. The molecule has 0 radical (unpaired) electrons. The molecule has 0 aromatic heterocycles. The Balaban J connectivity index is 2.82. The molecule has 1 rings (SSSR count). The van der Waals surface area contributed by atoms with Crippen LogP contribution in [0.1, 0.15) is 0 Å². The number of alkyl halides is 1. The molecule has 14 heavy (non-hydrogen) atoms. The molecule has 1 fully saturated rings. The highest BCUT2D eigenvalue weighted by Gasteiger charge is 2.38. The largest absolute Gasteiger partial charge is 0.328 e. The van der Waals surface area contributed by atoms with Crippen LogP contribution in [0.5, 0.6) is 0 Å². The van der Waals surface area contributed by atoms with Crippen LogP contribution in [0.4, 0.5) is 4.79 Å². The first-order valence-electron chi connectivity index (χ1n) is 3.63. The van der Waals surface area contributed by atoms with Gasteiger partial charge in [0.15, 0.2) is 0 Å². The maximum absolute atomic E-state index is 11.2. The minimum atomic E-state index is -1.13. The fourth-order valence-corrected chi connectivity index (χ4v) is 1.53. The number of rotatable bonds is 2. The number of carbonyl (C=O) groups excluding carboxylic acids is 3. The van der Waals surface area contributed by atoms with E-state index in [-0.39, 0.29) is 0 Å². The number of imide groups is 2. The number of allylic oxidation sites excluding steroid dienone is 1. The van der Waals surface area contributed by atoms with Gasteiger partial charge in [0.1, 0.15) is 5.92 Å². The van der Waals surface area contributed by atoms with Gasteiger partial charge in [0, 0.05) is 5.54 Å². The summed E-state index contributed by atoms with van der Waals surface area (Å²) < 4.78 is 0. The van der Waals surface area contributed by atoms with Gasteiger partial charge in [-0.1, -0.05) is 17.7 Å². The van der Waals surface area contributed by atoms with Crippen molar-refractivity contribution >= 4 is 41.0 Å². The lowest BCUT2D eigenvalue weighted by atomic mass is 10.0. The number of urea groups is 1. The molecule has 0 saturated carbocycles. The zero-order valence-electron chi connectivity index (χ0n) is 6.79. The summed E-state index contributed by atoms with van der Waals surface area (Å²) in [7, 11) is 0. The Labute approximate surface area is 89.4 Å². The third kappa shape index (κ3) is 2.24. The quantitative estimate of drug-likeness (QED) is 0.536. The van der Waals surface area contributed by atoms with E-state index in [1.54, 1.807) is 0 Å². The number of halogens is 2. The predicted octanol–water partition coefficient (Wildman–Crippen LogP) is 0.328. The average molecular weight is 237 g/mol. The molecule has 7 heteroatoms. The summed E-state index contributed by atoms with van der Waals surface area (Å²) in [4.78, 5) is 33.0. The Kier molecular flexibility index (Phi) is 3.49. The maximum Gasteiger partial charge on any atom is 0.328 e. The molecule has 0 aromatic rings. The van der Waals surface area contributed by atoms with Crippen LogP contribution in [0.2, 0.25) is 0 Å². The van der Waals surface area contributed by atoms with Gasteiger partial charge in [-0.2, -0.15) is 0 Å². The molecule has 0 aliphatic carbocycles. The van der Waals surface area contributed by atoms with E-state index >= 15 is 0 Å². The molecule has 1 heterocycles. The van der Waals surface area contributed by atoms with Crippen LogP contribution in [0.3, 0.4) is 0 Å². The third-order valence-electron chi connectivity index (χ3n) is 1.61. The van der Waals surface area contributed by atoms with E-state index in [1.165, 1.54) is 6.08 Å². The lowest BCUT2D eigenvalue weighted by Crippen LogP contribution is -2.57. The zero-order chi connectivity index (χ0) is 10.7. The molecule has 1 unspecified atom stereocenters. The summed E-state index contributed by atoms with van der Waals surface area (Å²) in [6.45, 7) is 0. The maximum atomic E-state index is 11.2. The van der Waals surface area contributed by atoms with E-state index in [1.807, 2.05) is 10.6 Å². The van der Waals surface area contributed by atoms with Crippen molar-refractivity contribution in [2.24, 2.45) is 5.92 Å². The minimum absolute atomic E-state index is 0.728. The molecule has 0 spiro atoms. The smallest absolute Gasteiger partial charge is 0.277 e. The zero-order valence-corrected chi connectivity index (χ0v) is 8.30. The molecule has 0 bridgehead atoms. The summed E-state index contributed by atoms with van der Waals surface area (Å²) in [5.74, 6) is -2.59. The van der Waals surface area contributed by atoms with Crippen LogP contribution in [-0.4, -0.2) is 23.2 Å². The van der Waals surface area contributed by atoms with E-state index < -0.39 is 29.1 Å². The molecule has 4 amide bonds. The second kappa shape index (κ2) is 4.43. The first kappa shape index (κ1) is 11.0. The number of hydrogen-bond acceptors (Lipinski definition) is 3. The number of hydrogen-bond donors (Lipinski definition) is 2. The Bertz CT molecular complexity index is 296. The van der Waals surface area contributed by atoms with Crippen LogP contribution in [0, 0.1) is 5.92 Å². The molecule has 76 valence electrons. The van der Waals surface area contributed by atoms with Crippen molar-refractivity contribution in [1.29, 1.82) is 0 Å². The molecular weight excluding hydrogens is 231 g/mol.